The molecule has 6 aliphatic heterocycles. The number of aliphatic hydroxyl groups excluding tert-OH is 1. The van der Waals surface area contributed by atoms with Crippen LogP contribution in [0.15, 0.2) is 6.07 Å². The molecule has 4 bridgehead atoms. The lowest BCUT2D eigenvalue weighted by molar-refractivity contribution is -0.160. The highest BCUT2D eigenvalue weighted by Crippen LogP contribution is 2.62. The van der Waals surface area contributed by atoms with E-state index in [0.29, 0.717) is 58.1 Å². The quantitative estimate of drug-likeness (QED) is 0.0715. The van der Waals surface area contributed by atoms with Crippen LogP contribution in [-0.2, 0) is 25.5 Å². The molecule has 14 heteroatoms. The molecule has 6 heterocycles. The Kier molecular flexibility index (Phi) is 14.2. The molecule has 0 spiro atoms. The van der Waals surface area contributed by atoms with Crippen LogP contribution in [0.3, 0.4) is 0 Å². The molecule has 324 valence electrons. The number of phenols is 1. The summed E-state index contributed by atoms with van der Waals surface area (Å²) in [6.45, 7) is 7.06. The number of carbonyl (C=O) groups excluding carboxylic acids is 3. The number of rotatable bonds is 17. The van der Waals surface area contributed by atoms with Gasteiger partial charge in [0.1, 0.15) is 24.6 Å². The van der Waals surface area contributed by atoms with Crippen molar-refractivity contribution in [2.75, 3.05) is 26.3 Å². The number of amides is 1. The van der Waals surface area contributed by atoms with Crippen molar-refractivity contribution in [1.29, 1.82) is 0 Å². The second-order valence-electron chi connectivity index (χ2n) is 16.9. The van der Waals surface area contributed by atoms with Gasteiger partial charge < -0.3 is 44.5 Å². The summed E-state index contributed by atoms with van der Waals surface area (Å²) in [5, 5.41) is 30.2. The van der Waals surface area contributed by atoms with E-state index in [4.69, 9.17) is 23.7 Å². The standard InChI is InChI=1S/C45H63N3O10S/c1-6-7-8-9-10-11-12-13-14-15-16-17-18-19-32(50)46-30-23-59-43-35-34(42-41(56-24-57-42)26(3)40(35)58-27(4)49)31(22-55-45(30)53)48-37(43)36-33-28(21-29(47-36)44(48)52)20-25(2)39(54-5)38(33)51/h20,29-31,36-37,43-44,47,51-52H,6-19,21-24H2,1-5H3,(H,46,50)/t29-,30?,31+,36-,37?,43-,44+/m1/s1. The first-order valence-electron chi connectivity index (χ1n) is 21.9. The predicted molar refractivity (Wildman–Crippen MR) is 224 cm³/mol. The molecule has 2 saturated heterocycles. The zero-order valence-electron chi connectivity index (χ0n) is 35.4. The van der Waals surface area contributed by atoms with E-state index in [1.165, 1.54) is 90.0 Å². The third-order valence-electron chi connectivity index (χ3n) is 12.8. The number of unbranched alkanes of at least 4 members (excludes halogenated alkanes) is 12. The van der Waals surface area contributed by atoms with Gasteiger partial charge >= 0.3 is 11.9 Å². The SMILES string of the molecule is CCCCCCCCCCCCCCCC(=O)NC1CS[C@@H]2c3c(OC(C)=O)c(C)c4c(c3[C@H](COC1=O)N1C2[C@@H]2N[C@H](Cc3cc(C)c(OC)c(O)c32)[C@@H]1O)OCO4. The number of carbonyl (C=O) groups is 3. The molecule has 13 nitrogen and oxygen atoms in total. The lowest BCUT2D eigenvalue weighted by Gasteiger charge is -2.59. The number of aliphatic hydroxyl groups is 1. The maximum absolute atomic E-state index is 13.9. The van der Waals surface area contributed by atoms with Crippen LogP contribution in [0.2, 0.25) is 0 Å². The first kappa shape index (κ1) is 43.4. The van der Waals surface area contributed by atoms with Gasteiger partial charge in [-0.05, 0) is 37.8 Å². The number of nitrogens with zero attached hydrogens (tertiary/aromatic N) is 1. The Morgan fingerprint density at radius 3 is 2.25 bits per heavy atom. The Balaban J connectivity index is 1.13. The van der Waals surface area contributed by atoms with E-state index in [2.05, 4.69) is 17.6 Å². The van der Waals surface area contributed by atoms with E-state index in [0.717, 1.165) is 30.4 Å². The highest BCUT2D eigenvalue weighted by Gasteiger charge is 2.58. The fraction of sp³-hybridized carbons (Fsp3) is 0.667. The molecule has 7 atom stereocenters. The molecule has 0 radical (unpaired) electrons. The molecule has 8 rings (SSSR count). The van der Waals surface area contributed by atoms with Gasteiger partial charge in [-0.2, -0.15) is 0 Å². The fourth-order valence-corrected chi connectivity index (χ4v) is 11.6. The van der Waals surface area contributed by atoms with Crippen molar-refractivity contribution in [3.8, 4) is 28.7 Å². The lowest BCUT2D eigenvalue weighted by atomic mass is 9.74. The number of piperazine rings is 1. The first-order valence-corrected chi connectivity index (χ1v) is 22.9. The second-order valence-corrected chi connectivity index (χ2v) is 18.1. The second kappa shape index (κ2) is 19.3. The van der Waals surface area contributed by atoms with Crippen LogP contribution in [0.1, 0.15) is 154 Å². The predicted octanol–water partition coefficient (Wildman–Crippen LogP) is 7.28. The third-order valence-corrected chi connectivity index (χ3v) is 14.2. The summed E-state index contributed by atoms with van der Waals surface area (Å²) in [6.07, 6.45) is 15.4. The summed E-state index contributed by atoms with van der Waals surface area (Å²) < 4.78 is 29.9. The molecule has 0 aromatic heterocycles. The topological polar surface area (TPSA) is 165 Å². The maximum Gasteiger partial charge on any atom is 0.329 e. The molecule has 2 unspecified atom stereocenters. The molecule has 0 saturated carbocycles. The van der Waals surface area contributed by atoms with E-state index in [9.17, 15) is 24.6 Å². The maximum atomic E-state index is 13.9. The van der Waals surface area contributed by atoms with Gasteiger partial charge in [-0.15, -0.1) is 11.8 Å². The highest BCUT2D eigenvalue weighted by atomic mass is 32.2. The van der Waals surface area contributed by atoms with E-state index in [-0.39, 0.29) is 30.8 Å². The summed E-state index contributed by atoms with van der Waals surface area (Å²) in [7, 11) is 1.53. The van der Waals surface area contributed by atoms with Crippen LogP contribution in [0, 0.1) is 13.8 Å². The lowest BCUT2D eigenvalue weighted by Crippen LogP contribution is -2.69. The van der Waals surface area contributed by atoms with Gasteiger partial charge in [-0.25, -0.2) is 4.79 Å². The van der Waals surface area contributed by atoms with Crippen molar-refractivity contribution in [3.05, 3.63) is 39.4 Å². The minimum atomic E-state index is -1.04. The zero-order valence-corrected chi connectivity index (χ0v) is 36.2. The van der Waals surface area contributed by atoms with Gasteiger partial charge in [0.2, 0.25) is 12.7 Å². The Hall–Kier alpha value is -3.72. The van der Waals surface area contributed by atoms with Gasteiger partial charge in [-0.3, -0.25) is 14.5 Å². The molecule has 6 aliphatic rings. The van der Waals surface area contributed by atoms with Crippen molar-refractivity contribution in [2.45, 2.75) is 166 Å². The van der Waals surface area contributed by atoms with Crippen LogP contribution in [0.5, 0.6) is 28.7 Å². The number of methoxy groups -OCH3 is 1. The number of benzene rings is 2. The van der Waals surface area contributed by atoms with Crippen molar-refractivity contribution < 1.29 is 48.3 Å². The number of aromatic hydroxyl groups is 1. The molecular weight excluding hydrogens is 775 g/mol. The van der Waals surface area contributed by atoms with E-state index in [1.54, 1.807) is 0 Å². The minimum absolute atomic E-state index is 0.0276. The summed E-state index contributed by atoms with van der Waals surface area (Å²) in [6, 6.07) is -1.21. The van der Waals surface area contributed by atoms with Crippen LogP contribution in [0.25, 0.3) is 0 Å². The smallest absolute Gasteiger partial charge is 0.329 e. The number of thioether (sulfide) groups is 1. The molecule has 1 amide bonds. The van der Waals surface area contributed by atoms with Gasteiger partial charge in [0.05, 0.1) is 30.5 Å². The van der Waals surface area contributed by atoms with Crippen molar-refractivity contribution in [1.82, 2.24) is 15.5 Å². The van der Waals surface area contributed by atoms with Gasteiger partial charge in [-0.1, -0.05) is 90.0 Å². The average Bonchev–Trinajstić information content (AvgIpc) is 3.70. The third kappa shape index (κ3) is 8.88. The molecule has 2 aromatic carbocycles. The summed E-state index contributed by atoms with van der Waals surface area (Å²) in [5.41, 5.74) is 4.24. The Morgan fingerprint density at radius 1 is 0.932 bits per heavy atom. The average molecular weight is 838 g/mol. The molecule has 2 fully saturated rings. The highest BCUT2D eigenvalue weighted by molar-refractivity contribution is 7.99. The van der Waals surface area contributed by atoms with E-state index < -0.39 is 53.6 Å². The van der Waals surface area contributed by atoms with Gasteiger partial charge in [0.15, 0.2) is 23.0 Å². The summed E-state index contributed by atoms with van der Waals surface area (Å²) in [5.74, 6) is 0.475. The Labute approximate surface area is 352 Å². The largest absolute Gasteiger partial charge is 0.504 e. The Bertz CT molecular complexity index is 1870. The van der Waals surface area contributed by atoms with Crippen molar-refractivity contribution in [3.63, 3.8) is 0 Å². The van der Waals surface area contributed by atoms with E-state index in [1.807, 2.05) is 24.8 Å². The summed E-state index contributed by atoms with van der Waals surface area (Å²) in [4.78, 5) is 42.0. The molecule has 0 aliphatic carbocycles. The van der Waals surface area contributed by atoms with Crippen molar-refractivity contribution >= 4 is 29.6 Å². The molecule has 59 heavy (non-hydrogen) atoms. The molecular formula is C45H63N3O10S. The van der Waals surface area contributed by atoms with Gasteiger partial charge in [0.25, 0.3) is 0 Å². The van der Waals surface area contributed by atoms with E-state index >= 15 is 0 Å². The number of phenolic OH excluding ortho intramolecular Hbond substituents is 1. The van der Waals surface area contributed by atoms with Gasteiger partial charge in [0, 0.05) is 47.4 Å². The normalized spacial score (nSPS) is 25.4. The number of ether oxygens (including phenoxy) is 5. The minimum Gasteiger partial charge on any atom is -0.504 e. The number of hydrogen-bond donors (Lipinski definition) is 4. The Morgan fingerprint density at radius 2 is 1.59 bits per heavy atom. The molecule has 4 N–H and O–H groups in total. The number of esters is 2. The van der Waals surface area contributed by atoms with Crippen LogP contribution >= 0.6 is 11.8 Å². The zero-order chi connectivity index (χ0) is 41.8. The first-order chi connectivity index (χ1) is 28.5. The molecule has 2 aromatic rings. The van der Waals surface area contributed by atoms with Crippen LogP contribution < -0.4 is 29.6 Å². The van der Waals surface area contributed by atoms with Crippen LogP contribution in [0.4, 0.5) is 0 Å². The fourth-order valence-electron chi connectivity index (χ4n) is 10.1. The summed E-state index contributed by atoms with van der Waals surface area (Å²) >= 11 is 1.41. The monoisotopic (exact) mass is 837 g/mol. The number of aryl methyl sites for hydroxylation is 1. The van der Waals surface area contributed by atoms with Crippen molar-refractivity contribution in [2.24, 2.45) is 0 Å². The number of fused-ring (bicyclic) bond motifs is 10. The number of nitrogens with one attached hydrogen (secondary N) is 2. The van der Waals surface area contributed by atoms with Crippen LogP contribution in [-0.4, -0.2) is 83.6 Å². The number of hydrogen-bond acceptors (Lipinski definition) is 13.